The van der Waals surface area contributed by atoms with Gasteiger partial charge in [0.1, 0.15) is 5.82 Å². The van der Waals surface area contributed by atoms with Gasteiger partial charge in [-0.2, -0.15) is 4.31 Å². The molecule has 144 valence electrons. The van der Waals surface area contributed by atoms with Crippen LogP contribution in [0.25, 0.3) is 0 Å². The third kappa shape index (κ3) is 2.99. The smallest absolute Gasteiger partial charge is 0.243 e. The summed E-state index contributed by atoms with van der Waals surface area (Å²) in [6.45, 7) is 0.283. The van der Waals surface area contributed by atoms with Crippen molar-refractivity contribution in [2.24, 2.45) is 5.92 Å². The van der Waals surface area contributed by atoms with Crippen LogP contribution < -0.4 is 4.90 Å². The van der Waals surface area contributed by atoms with Gasteiger partial charge in [-0.1, -0.05) is 22.0 Å². The molecular weight excluding hydrogens is 435 g/mol. The fourth-order valence-corrected chi connectivity index (χ4v) is 6.49. The quantitative estimate of drug-likeness (QED) is 0.773. The summed E-state index contributed by atoms with van der Waals surface area (Å²) in [5, 5.41) is 9.96. The molecule has 1 N–H and O–H groups in total. The Balaban J connectivity index is 1.85. The van der Waals surface area contributed by atoms with Crippen molar-refractivity contribution in [1.29, 1.82) is 0 Å². The Morgan fingerprint density at radius 2 is 2.04 bits per heavy atom. The fraction of sp³-hybridized carbons (Fsp3) is 0.368. The first-order valence-electron chi connectivity index (χ1n) is 8.75. The minimum absolute atomic E-state index is 0.0369. The first-order chi connectivity index (χ1) is 12.8. The van der Waals surface area contributed by atoms with E-state index in [1.807, 2.05) is 30.1 Å². The lowest BCUT2D eigenvalue weighted by atomic mass is 9.82. The molecule has 0 aliphatic carbocycles. The average molecular weight is 455 g/mol. The Hall–Kier alpha value is -1.48. The molecule has 2 aliphatic heterocycles. The van der Waals surface area contributed by atoms with Gasteiger partial charge in [-0.15, -0.1) is 0 Å². The van der Waals surface area contributed by atoms with Gasteiger partial charge in [0.2, 0.25) is 10.0 Å². The molecule has 5 nitrogen and oxygen atoms in total. The van der Waals surface area contributed by atoms with E-state index in [2.05, 4.69) is 15.9 Å². The average Bonchev–Trinajstić information content (AvgIpc) is 3.08. The number of hydrogen-bond donors (Lipinski definition) is 1. The number of nitrogens with zero attached hydrogens (tertiary/aromatic N) is 2. The van der Waals surface area contributed by atoms with E-state index in [1.54, 1.807) is 0 Å². The van der Waals surface area contributed by atoms with Gasteiger partial charge in [-0.3, -0.25) is 0 Å². The van der Waals surface area contributed by atoms with Crippen LogP contribution >= 0.6 is 15.9 Å². The highest BCUT2D eigenvalue weighted by molar-refractivity contribution is 9.10. The monoisotopic (exact) mass is 454 g/mol. The molecule has 0 spiro atoms. The van der Waals surface area contributed by atoms with E-state index in [0.717, 1.165) is 21.8 Å². The Bertz CT molecular complexity index is 985. The van der Waals surface area contributed by atoms with Gasteiger partial charge >= 0.3 is 0 Å². The lowest BCUT2D eigenvalue weighted by molar-refractivity contribution is 0.193. The van der Waals surface area contributed by atoms with Crippen LogP contribution in [0.3, 0.4) is 0 Å². The van der Waals surface area contributed by atoms with Gasteiger partial charge in [-0.25, -0.2) is 12.8 Å². The maximum absolute atomic E-state index is 13.6. The van der Waals surface area contributed by atoms with Gasteiger partial charge < -0.3 is 10.0 Å². The molecule has 0 radical (unpaired) electrons. The van der Waals surface area contributed by atoms with E-state index in [1.165, 1.54) is 22.5 Å². The Morgan fingerprint density at radius 1 is 1.26 bits per heavy atom. The van der Waals surface area contributed by atoms with Crippen LogP contribution in [0.15, 0.2) is 51.8 Å². The zero-order valence-corrected chi connectivity index (χ0v) is 17.1. The van der Waals surface area contributed by atoms with Crippen molar-refractivity contribution in [2.75, 3.05) is 25.1 Å². The molecule has 4 rings (SSSR count). The summed E-state index contributed by atoms with van der Waals surface area (Å²) in [5.74, 6) is -0.614. The van der Waals surface area contributed by atoms with Crippen molar-refractivity contribution in [3.63, 3.8) is 0 Å². The zero-order chi connectivity index (χ0) is 19.3. The first kappa shape index (κ1) is 18.9. The SMILES string of the molecule is CN1c2ccc(Br)cc2[C@@H]2[C@@H](CCN2S(=O)(=O)c2cccc(F)c2)[C@@H]1CO. The van der Waals surface area contributed by atoms with E-state index < -0.39 is 15.8 Å². The Morgan fingerprint density at radius 3 is 2.74 bits per heavy atom. The molecule has 2 heterocycles. The van der Waals surface area contributed by atoms with Crippen molar-refractivity contribution >= 4 is 31.6 Å². The minimum atomic E-state index is -3.86. The van der Waals surface area contributed by atoms with Crippen LogP contribution in [0.2, 0.25) is 0 Å². The number of hydrogen-bond acceptors (Lipinski definition) is 4. The van der Waals surface area contributed by atoms with Crippen LogP contribution in [0, 0.1) is 11.7 Å². The van der Waals surface area contributed by atoms with E-state index in [-0.39, 0.29) is 29.5 Å². The fourth-order valence-electron chi connectivity index (χ4n) is 4.42. The topological polar surface area (TPSA) is 60.9 Å². The van der Waals surface area contributed by atoms with Crippen LogP contribution in [0.1, 0.15) is 18.0 Å². The van der Waals surface area contributed by atoms with Gasteiger partial charge in [0.25, 0.3) is 0 Å². The number of aliphatic hydroxyl groups is 1. The normalized spacial score (nSPS) is 25.3. The highest BCUT2D eigenvalue weighted by atomic mass is 79.9. The summed E-state index contributed by atoms with van der Waals surface area (Å²) in [5.41, 5.74) is 1.80. The molecule has 27 heavy (non-hydrogen) atoms. The molecular formula is C19H20BrFN2O3S. The van der Waals surface area contributed by atoms with Crippen LogP contribution in [0.4, 0.5) is 10.1 Å². The highest BCUT2D eigenvalue weighted by Crippen LogP contribution is 2.50. The zero-order valence-electron chi connectivity index (χ0n) is 14.7. The van der Waals surface area contributed by atoms with Crippen molar-refractivity contribution in [1.82, 2.24) is 4.31 Å². The van der Waals surface area contributed by atoms with E-state index in [4.69, 9.17) is 0 Å². The van der Waals surface area contributed by atoms with E-state index in [0.29, 0.717) is 13.0 Å². The number of rotatable bonds is 3. The molecule has 3 atom stereocenters. The number of halogens is 2. The Labute approximate surface area is 166 Å². The summed E-state index contributed by atoms with van der Waals surface area (Å²) in [6.07, 6.45) is 0.640. The molecule has 2 aliphatic rings. The standard InChI is InChI=1S/C19H20BrFN2O3S/c1-22-17-6-5-12(20)9-16(17)19-15(18(22)11-24)7-8-23(19)27(25,26)14-4-2-3-13(21)10-14/h2-6,9-10,15,18-19,24H,7-8,11H2,1H3/t15-,18-,19-/m0/s1. The molecule has 0 saturated carbocycles. The maximum Gasteiger partial charge on any atom is 0.243 e. The third-order valence-corrected chi connectivity index (χ3v) is 8.04. The molecule has 2 aromatic carbocycles. The predicted molar refractivity (Wildman–Crippen MR) is 105 cm³/mol. The summed E-state index contributed by atoms with van der Waals surface area (Å²) in [6, 6.07) is 10.3. The van der Waals surface area contributed by atoms with Crippen molar-refractivity contribution in [3.05, 3.63) is 58.3 Å². The number of likely N-dealkylation sites (N-methyl/N-ethyl adjacent to an activating group) is 1. The van der Waals surface area contributed by atoms with Crippen LogP contribution in [-0.4, -0.2) is 44.1 Å². The summed E-state index contributed by atoms with van der Waals surface area (Å²) in [7, 11) is -1.93. The molecule has 0 bridgehead atoms. The number of aliphatic hydroxyl groups excluding tert-OH is 1. The predicted octanol–water partition coefficient (Wildman–Crippen LogP) is 3.15. The second-order valence-corrected chi connectivity index (χ2v) is 9.84. The summed E-state index contributed by atoms with van der Waals surface area (Å²) < 4.78 is 42.5. The maximum atomic E-state index is 13.6. The lowest BCUT2D eigenvalue weighted by Gasteiger charge is -2.44. The second kappa shape index (κ2) is 6.84. The molecule has 0 amide bonds. The minimum Gasteiger partial charge on any atom is -0.394 e. The van der Waals surface area contributed by atoms with Gasteiger partial charge in [0.05, 0.1) is 23.6 Å². The lowest BCUT2D eigenvalue weighted by Crippen LogP contribution is -2.48. The second-order valence-electron chi connectivity index (χ2n) is 7.03. The van der Waals surface area contributed by atoms with Crippen LogP contribution in [0.5, 0.6) is 0 Å². The molecule has 8 heteroatoms. The van der Waals surface area contributed by atoms with E-state index in [9.17, 15) is 17.9 Å². The largest absolute Gasteiger partial charge is 0.394 e. The van der Waals surface area contributed by atoms with Crippen molar-refractivity contribution in [2.45, 2.75) is 23.4 Å². The van der Waals surface area contributed by atoms with Gasteiger partial charge in [0, 0.05) is 29.7 Å². The number of sulfonamides is 1. The van der Waals surface area contributed by atoms with Crippen molar-refractivity contribution < 1.29 is 17.9 Å². The number of benzene rings is 2. The molecule has 0 unspecified atom stereocenters. The van der Waals surface area contributed by atoms with Gasteiger partial charge in [0.15, 0.2) is 0 Å². The molecule has 1 saturated heterocycles. The first-order valence-corrected chi connectivity index (χ1v) is 11.0. The summed E-state index contributed by atoms with van der Waals surface area (Å²) >= 11 is 3.48. The number of fused-ring (bicyclic) bond motifs is 3. The molecule has 2 aromatic rings. The summed E-state index contributed by atoms with van der Waals surface area (Å²) in [4.78, 5) is 1.99. The Kier molecular flexibility index (Phi) is 4.78. The number of anilines is 1. The van der Waals surface area contributed by atoms with Crippen LogP contribution in [-0.2, 0) is 10.0 Å². The van der Waals surface area contributed by atoms with Gasteiger partial charge in [-0.05, 0) is 48.4 Å². The highest BCUT2D eigenvalue weighted by Gasteiger charge is 2.50. The van der Waals surface area contributed by atoms with Crippen molar-refractivity contribution in [3.8, 4) is 0 Å². The molecule has 0 aromatic heterocycles. The molecule has 1 fully saturated rings. The third-order valence-electron chi connectivity index (χ3n) is 5.67. The van der Waals surface area contributed by atoms with E-state index >= 15 is 0 Å².